The highest BCUT2D eigenvalue weighted by Crippen LogP contribution is 2.17. The monoisotopic (exact) mass is 986 g/mol. The zero-order chi connectivity index (χ0) is 50.7. The topological polar surface area (TPSA) is 95.9 Å². The Hall–Kier alpha value is -1.66. The Kier molecular flexibility index (Phi) is 58.5. The van der Waals surface area contributed by atoms with Crippen LogP contribution >= 0.6 is 0 Å². The second-order valence-corrected chi connectivity index (χ2v) is 21.7. The van der Waals surface area contributed by atoms with Crippen LogP contribution in [-0.2, 0) is 14.3 Å². The normalized spacial score (nSPS) is 12.7. The van der Waals surface area contributed by atoms with Crippen LogP contribution in [0.3, 0.4) is 0 Å². The van der Waals surface area contributed by atoms with Crippen molar-refractivity contribution in [1.82, 2.24) is 5.32 Å². The number of allylic oxidation sites excluding steroid dienone is 3. The van der Waals surface area contributed by atoms with Gasteiger partial charge in [0, 0.05) is 12.8 Å². The van der Waals surface area contributed by atoms with Gasteiger partial charge in [0.05, 0.1) is 25.4 Å². The Morgan fingerprint density at radius 3 is 1.01 bits per heavy atom. The molecule has 0 saturated carbocycles. The number of unbranched alkanes of at least 4 members (excludes halogenated alkanes) is 46. The predicted molar refractivity (Wildman–Crippen MR) is 306 cm³/mol. The van der Waals surface area contributed by atoms with Crippen molar-refractivity contribution in [3.63, 3.8) is 0 Å². The number of carbonyl (C=O) groups is 2. The minimum Gasteiger partial charge on any atom is -0.466 e. The predicted octanol–water partition coefficient (Wildman–Crippen LogP) is 19.8. The molecule has 0 aromatic carbocycles. The number of carbonyl (C=O) groups excluding carboxylic acids is 2. The average Bonchev–Trinajstić information content (AvgIpc) is 3.36. The molecule has 0 radical (unpaired) electrons. The number of hydrogen-bond donors (Lipinski definition) is 3. The smallest absolute Gasteiger partial charge is 0.305 e. The summed E-state index contributed by atoms with van der Waals surface area (Å²) in [6, 6.07) is -0.632. The van der Waals surface area contributed by atoms with Crippen LogP contribution in [-0.4, -0.2) is 47.4 Å². The van der Waals surface area contributed by atoms with Crippen LogP contribution in [0.1, 0.15) is 348 Å². The molecule has 414 valence electrons. The molecule has 2 atom stereocenters. The highest BCUT2D eigenvalue weighted by molar-refractivity contribution is 5.76. The first-order valence-corrected chi connectivity index (χ1v) is 31.6. The summed E-state index contributed by atoms with van der Waals surface area (Å²) >= 11 is 0. The number of hydrogen-bond acceptors (Lipinski definition) is 5. The fourth-order valence-corrected chi connectivity index (χ4v) is 9.87. The van der Waals surface area contributed by atoms with Crippen LogP contribution in [0.25, 0.3) is 0 Å². The number of rotatable bonds is 59. The summed E-state index contributed by atoms with van der Waals surface area (Å²) in [4.78, 5) is 24.5. The molecule has 0 aliphatic rings. The van der Waals surface area contributed by atoms with E-state index in [9.17, 15) is 19.8 Å². The molecule has 1 amide bonds. The molecule has 0 saturated heterocycles. The van der Waals surface area contributed by atoms with Crippen LogP contribution in [0, 0.1) is 0 Å². The van der Waals surface area contributed by atoms with Crippen molar-refractivity contribution in [2.45, 2.75) is 360 Å². The fraction of sp³-hybridized carbons (Fsp3) is 0.906. The summed E-state index contributed by atoms with van der Waals surface area (Å²) < 4.78 is 5.50. The van der Waals surface area contributed by atoms with E-state index in [0.717, 1.165) is 44.9 Å². The molecule has 0 aromatic rings. The van der Waals surface area contributed by atoms with Gasteiger partial charge in [0.25, 0.3) is 0 Å². The SMILES string of the molecule is CCCCCCCCCCCCC/C=C/C(O)C(CO)NC(=O)CCCCCCCCC/C=C\CCCCCCCCCCCCCOC(=O)CCCCCCCCCCCCCCCCCCCC. The van der Waals surface area contributed by atoms with Gasteiger partial charge in [0.1, 0.15) is 0 Å². The van der Waals surface area contributed by atoms with Crippen molar-refractivity contribution in [3.05, 3.63) is 24.3 Å². The lowest BCUT2D eigenvalue weighted by Gasteiger charge is -2.20. The molecule has 3 N–H and O–H groups in total. The van der Waals surface area contributed by atoms with Crippen LogP contribution in [0.5, 0.6) is 0 Å². The van der Waals surface area contributed by atoms with Crippen LogP contribution in [0.4, 0.5) is 0 Å². The number of aliphatic hydroxyl groups excluding tert-OH is 2. The summed E-state index contributed by atoms with van der Waals surface area (Å²) in [6.45, 7) is 4.92. The minimum atomic E-state index is -0.848. The van der Waals surface area contributed by atoms with E-state index in [1.165, 1.54) is 276 Å². The van der Waals surface area contributed by atoms with Gasteiger partial charge in [-0.05, 0) is 57.8 Å². The van der Waals surface area contributed by atoms with E-state index in [4.69, 9.17) is 4.74 Å². The third kappa shape index (κ3) is 55.7. The van der Waals surface area contributed by atoms with E-state index in [1.54, 1.807) is 6.08 Å². The summed E-state index contributed by atoms with van der Waals surface area (Å²) in [5.74, 6) is -0.0601. The van der Waals surface area contributed by atoms with E-state index in [1.807, 2.05) is 6.08 Å². The zero-order valence-corrected chi connectivity index (χ0v) is 47.3. The van der Waals surface area contributed by atoms with Crippen molar-refractivity contribution in [2.24, 2.45) is 0 Å². The summed E-state index contributed by atoms with van der Waals surface area (Å²) in [5, 5.41) is 23.1. The summed E-state index contributed by atoms with van der Waals surface area (Å²) in [6.07, 6.45) is 73.7. The van der Waals surface area contributed by atoms with Crippen molar-refractivity contribution in [1.29, 1.82) is 0 Å². The van der Waals surface area contributed by atoms with Gasteiger partial charge in [0.2, 0.25) is 5.91 Å². The number of aliphatic hydroxyl groups is 2. The molecule has 0 aliphatic carbocycles. The maximum atomic E-state index is 12.4. The molecular weight excluding hydrogens is 863 g/mol. The van der Waals surface area contributed by atoms with Gasteiger partial charge in [-0.2, -0.15) is 0 Å². The van der Waals surface area contributed by atoms with Gasteiger partial charge in [0.15, 0.2) is 0 Å². The largest absolute Gasteiger partial charge is 0.466 e. The molecular formula is C64H123NO5. The van der Waals surface area contributed by atoms with Crippen molar-refractivity contribution in [2.75, 3.05) is 13.2 Å². The van der Waals surface area contributed by atoms with Crippen LogP contribution in [0.15, 0.2) is 24.3 Å². The Morgan fingerprint density at radius 1 is 0.386 bits per heavy atom. The maximum Gasteiger partial charge on any atom is 0.305 e. The number of amides is 1. The lowest BCUT2D eigenvalue weighted by Crippen LogP contribution is -2.45. The molecule has 6 nitrogen and oxygen atoms in total. The first-order chi connectivity index (χ1) is 34.5. The Morgan fingerprint density at radius 2 is 0.671 bits per heavy atom. The molecule has 0 fully saturated rings. The van der Waals surface area contributed by atoms with Crippen LogP contribution in [0.2, 0.25) is 0 Å². The highest BCUT2D eigenvalue weighted by atomic mass is 16.5. The molecule has 70 heavy (non-hydrogen) atoms. The number of nitrogens with one attached hydrogen (secondary N) is 1. The molecule has 6 heteroatoms. The highest BCUT2D eigenvalue weighted by Gasteiger charge is 2.18. The van der Waals surface area contributed by atoms with Gasteiger partial charge >= 0.3 is 5.97 Å². The lowest BCUT2D eigenvalue weighted by atomic mass is 10.0. The van der Waals surface area contributed by atoms with E-state index in [-0.39, 0.29) is 18.5 Å². The summed E-state index contributed by atoms with van der Waals surface area (Å²) in [7, 11) is 0. The van der Waals surface area contributed by atoms with Gasteiger partial charge in [-0.25, -0.2) is 0 Å². The first-order valence-electron chi connectivity index (χ1n) is 31.6. The van der Waals surface area contributed by atoms with E-state index >= 15 is 0 Å². The van der Waals surface area contributed by atoms with Crippen molar-refractivity contribution >= 4 is 11.9 Å². The quantitative estimate of drug-likeness (QED) is 0.0321. The van der Waals surface area contributed by atoms with Gasteiger partial charge < -0.3 is 20.3 Å². The van der Waals surface area contributed by atoms with E-state index in [2.05, 4.69) is 31.3 Å². The van der Waals surface area contributed by atoms with Crippen molar-refractivity contribution in [3.8, 4) is 0 Å². The zero-order valence-electron chi connectivity index (χ0n) is 47.3. The molecule has 2 unspecified atom stereocenters. The minimum absolute atomic E-state index is 0.0141. The second-order valence-electron chi connectivity index (χ2n) is 21.7. The Balaban J connectivity index is 3.40. The average molecular weight is 987 g/mol. The Labute approximate surface area is 437 Å². The van der Waals surface area contributed by atoms with E-state index in [0.29, 0.717) is 19.4 Å². The van der Waals surface area contributed by atoms with Crippen molar-refractivity contribution < 1.29 is 24.5 Å². The number of esters is 1. The van der Waals surface area contributed by atoms with E-state index < -0.39 is 12.1 Å². The summed E-state index contributed by atoms with van der Waals surface area (Å²) in [5.41, 5.74) is 0. The molecule has 0 heterocycles. The van der Waals surface area contributed by atoms with Gasteiger partial charge in [-0.1, -0.05) is 301 Å². The number of ether oxygens (including phenoxy) is 1. The molecule has 0 aliphatic heterocycles. The van der Waals surface area contributed by atoms with Gasteiger partial charge in [-0.15, -0.1) is 0 Å². The second kappa shape index (κ2) is 59.9. The maximum absolute atomic E-state index is 12.4. The molecule has 0 spiro atoms. The van der Waals surface area contributed by atoms with Crippen LogP contribution < -0.4 is 5.32 Å². The first kappa shape index (κ1) is 68.3. The molecule has 0 rings (SSSR count). The molecule has 0 aromatic heterocycles. The molecule has 0 bridgehead atoms. The van der Waals surface area contributed by atoms with Gasteiger partial charge in [-0.3, -0.25) is 9.59 Å². The standard InChI is InChI=1S/C64H123NO5/c1-3-5-7-9-11-13-15-17-18-19-27-30-34-38-42-46-50-54-58-64(69)70-59-55-51-47-43-39-35-31-28-25-23-21-20-22-24-26-29-33-37-41-45-49-53-57-63(68)65-61(60-66)62(67)56-52-48-44-40-36-32-16-14-12-10-8-6-4-2/h22,24,52,56,61-62,66-67H,3-21,23,25-51,53-55,57-60H2,1-2H3,(H,65,68)/b24-22-,56-52+. The Bertz CT molecular complexity index is 1090. The lowest BCUT2D eigenvalue weighted by molar-refractivity contribution is -0.143. The third-order valence-corrected chi connectivity index (χ3v) is 14.7. The third-order valence-electron chi connectivity index (χ3n) is 14.7. The fourth-order valence-electron chi connectivity index (χ4n) is 9.87.